The van der Waals surface area contributed by atoms with Crippen LogP contribution < -0.4 is 4.74 Å². The fourth-order valence-corrected chi connectivity index (χ4v) is 2.40. The van der Waals surface area contributed by atoms with Gasteiger partial charge in [-0.2, -0.15) is 0 Å². The first-order valence-electron chi connectivity index (χ1n) is 6.71. The lowest BCUT2D eigenvalue weighted by molar-refractivity contribution is 0.255. The molecule has 1 aliphatic heterocycles. The zero-order valence-electron chi connectivity index (χ0n) is 11.0. The molecule has 2 nitrogen and oxygen atoms in total. The average molecular weight is 233 g/mol. The molecule has 1 aromatic rings. The Labute approximate surface area is 105 Å². The van der Waals surface area contributed by atoms with Crippen LogP contribution in [0.2, 0.25) is 0 Å². The third kappa shape index (κ3) is 3.47. The van der Waals surface area contributed by atoms with E-state index in [1.54, 1.807) is 0 Å². The van der Waals surface area contributed by atoms with Gasteiger partial charge in [0.15, 0.2) is 0 Å². The van der Waals surface area contributed by atoms with E-state index in [4.69, 9.17) is 4.74 Å². The van der Waals surface area contributed by atoms with Crippen molar-refractivity contribution in [1.82, 2.24) is 4.90 Å². The van der Waals surface area contributed by atoms with Crippen molar-refractivity contribution >= 4 is 0 Å². The minimum absolute atomic E-state index is 0.742. The van der Waals surface area contributed by atoms with Gasteiger partial charge in [0, 0.05) is 0 Å². The van der Waals surface area contributed by atoms with Crippen molar-refractivity contribution < 1.29 is 4.74 Å². The van der Waals surface area contributed by atoms with Crippen LogP contribution in [-0.4, -0.2) is 31.6 Å². The van der Waals surface area contributed by atoms with Gasteiger partial charge in [-0.25, -0.2) is 0 Å². The highest BCUT2D eigenvalue weighted by Gasteiger charge is 2.17. The topological polar surface area (TPSA) is 12.5 Å². The summed E-state index contributed by atoms with van der Waals surface area (Å²) in [4.78, 5) is 2.41. The van der Waals surface area contributed by atoms with Crippen molar-refractivity contribution in [3.8, 4) is 5.75 Å². The maximum absolute atomic E-state index is 5.61. The average Bonchev–Trinajstić information content (AvgIpc) is 2.38. The second kappa shape index (κ2) is 6.06. The van der Waals surface area contributed by atoms with Crippen molar-refractivity contribution in [2.45, 2.75) is 32.1 Å². The Kier molecular flexibility index (Phi) is 4.43. The van der Waals surface area contributed by atoms with Crippen molar-refractivity contribution in [2.75, 3.05) is 26.7 Å². The van der Waals surface area contributed by atoms with Gasteiger partial charge in [0.2, 0.25) is 0 Å². The first-order chi connectivity index (χ1) is 8.29. The highest BCUT2D eigenvalue weighted by atomic mass is 16.5. The van der Waals surface area contributed by atoms with Gasteiger partial charge in [-0.15, -0.1) is 0 Å². The third-order valence-corrected chi connectivity index (χ3v) is 3.54. The summed E-state index contributed by atoms with van der Waals surface area (Å²) in [5.74, 6) is 1.75. The Bertz CT molecular complexity index is 325. The Hall–Kier alpha value is -1.02. The summed E-state index contributed by atoms with van der Waals surface area (Å²) < 4.78 is 5.61. The van der Waals surface area contributed by atoms with E-state index in [0.29, 0.717) is 0 Å². The Morgan fingerprint density at radius 1 is 1.18 bits per heavy atom. The minimum atomic E-state index is 0.742. The lowest BCUT2D eigenvalue weighted by Gasteiger charge is -2.29. The monoisotopic (exact) mass is 233 g/mol. The molecule has 0 saturated carbocycles. The molecule has 0 N–H and O–H groups in total. The molecule has 1 heterocycles. The molecule has 94 valence electrons. The van der Waals surface area contributed by atoms with Gasteiger partial charge in [-0.1, -0.05) is 19.1 Å². The molecule has 0 aliphatic carbocycles. The SMILES string of the molecule is CCCOc1ccc(C2CCN(C)CC2)cc1. The lowest BCUT2D eigenvalue weighted by Crippen LogP contribution is -2.29. The normalized spacial score (nSPS) is 18.2. The Balaban J connectivity index is 1.93. The molecule has 0 bridgehead atoms. The molecular weight excluding hydrogens is 210 g/mol. The number of piperidine rings is 1. The fourth-order valence-electron chi connectivity index (χ4n) is 2.40. The largest absolute Gasteiger partial charge is 0.494 e. The molecule has 0 aromatic heterocycles. The summed E-state index contributed by atoms with van der Waals surface area (Å²) in [6, 6.07) is 8.70. The number of hydrogen-bond donors (Lipinski definition) is 0. The highest BCUT2D eigenvalue weighted by molar-refractivity contribution is 5.29. The minimum Gasteiger partial charge on any atom is -0.494 e. The maximum Gasteiger partial charge on any atom is 0.119 e. The zero-order valence-corrected chi connectivity index (χ0v) is 11.0. The number of hydrogen-bond acceptors (Lipinski definition) is 2. The molecule has 1 saturated heterocycles. The van der Waals surface area contributed by atoms with Gasteiger partial charge < -0.3 is 9.64 Å². The number of benzene rings is 1. The van der Waals surface area contributed by atoms with E-state index < -0.39 is 0 Å². The van der Waals surface area contributed by atoms with E-state index in [1.807, 2.05) is 0 Å². The summed E-state index contributed by atoms with van der Waals surface area (Å²) in [6.45, 7) is 5.39. The molecule has 0 atom stereocenters. The molecule has 17 heavy (non-hydrogen) atoms. The first-order valence-corrected chi connectivity index (χ1v) is 6.71. The Morgan fingerprint density at radius 3 is 2.41 bits per heavy atom. The molecule has 0 radical (unpaired) electrons. The number of ether oxygens (including phenoxy) is 1. The maximum atomic E-state index is 5.61. The zero-order chi connectivity index (χ0) is 12.1. The highest BCUT2D eigenvalue weighted by Crippen LogP contribution is 2.28. The second-order valence-corrected chi connectivity index (χ2v) is 5.00. The number of rotatable bonds is 4. The predicted octanol–water partition coefficient (Wildman–Crippen LogP) is 3.28. The van der Waals surface area contributed by atoms with Crippen LogP contribution in [0.5, 0.6) is 5.75 Å². The van der Waals surface area contributed by atoms with Crippen LogP contribution in [0.15, 0.2) is 24.3 Å². The molecule has 2 rings (SSSR count). The Morgan fingerprint density at radius 2 is 1.82 bits per heavy atom. The van der Waals surface area contributed by atoms with Crippen LogP contribution in [0.25, 0.3) is 0 Å². The predicted molar refractivity (Wildman–Crippen MR) is 71.7 cm³/mol. The van der Waals surface area contributed by atoms with Crippen LogP contribution >= 0.6 is 0 Å². The fraction of sp³-hybridized carbons (Fsp3) is 0.600. The van der Waals surface area contributed by atoms with E-state index in [0.717, 1.165) is 24.7 Å². The summed E-state index contributed by atoms with van der Waals surface area (Å²) in [5.41, 5.74) is 1.47. The summed E-state index contributed by atoms with van der Waals surface area (Å²) in [7, 11) is 2.21. The molecule has 0 amide bonds. The number of likely N-dealkylation sites (tertiary alicyclic amines) is 1. The molecule has 1 aromatic carbocycles. The molecule has 2 heteroatoms. The summed E-state index contributed by atoms with van der Waals surface area (Å²) >= 11 is 0. The van der Waals surface area contributed by atoms with Crippen molar-refractivity contribution in [2.24, 2.45) is 0 Å². The summed E-state index contributed by atoms with van der Waals surface area (Å²) in [5, 5.41) is 0. The van der Waals surface area contributed by atoms with E-state index in [1.165, 1.54) is 31.5 Å². The van der Waals surface area contributed by atoms with Gasteiger partial charge in [-0.3, -0.25) is 0 Å². The van der Waals surface area contributed by atoms with Gasteiger partial charge >= 0.3 is 0 Å². The van der Waals surface area contributed by atoms with E-state index in [2.05, 4.69) is 43.1 Å². The molecule has 0 unspecified atom stereocenters. The number of nitrogens with zero attached hydrogens (tertiary/aromatic N) is 1. The van der Waals surface area contributed by atoms with Gasteiger partial charge in [0.1, 0.15) is 5.75 Å². The smallest absolute Gasteiger partial charge is 0.119 e. The lowest BCUT2D eigenvalue weighted by atomic mass is 9.90. The van der Waals surface area contributed by atoms with Gasteiger partial charge in [0.05, 0.1) is 6.61 Å². The molecular formula is C15H23NO. The van der Waals surface area contributed by atoms with Crippen molar-refractivity contribution in [3.63, 3.8) is 0 Å². The van der Waals surface area contributed by atoms with E-state index >= 15 is 0 Å². The third-order valence-electron chi connectivity index (χ3n) is 3.54. The van der Waals surface area contributed by atoms with Gasteiger partial charge in [0.25, 0.3) is 0 Å². The van der Waals surface area contributed by atoms with Crippen molar-refractivity contribution in [1.29, 1.82) is 0 Å². The van der Waals surface area contributed by atoms with E-state index in [-0.39, 0.29) is 0 Å². The molecule has 1 fully saturated rings. The van der Waals surface area contributed by atoms with Crippen LogP contribution in [0.1, 0.15) is 37.7 Å². The van der Waals surface area contributed by atoms with Crippen molar-refractivity contribution in [3.05, 3.63) is 29.8 Å². The molecule has 1 aliphatic rings. The van der Waals surface area contributed by atoms with Crippen LogP contribution in [0.4, 0.5) is 0 Å². The standard InChI is InChI=1S/C15H23NO/c1-3-12-17-15-6-4-13(5-7-15)14-8-10-16(2)11-9-14/h4-7,14H,3,8-12H2,1-2H3. The molecule has 0 spiro atoms. The summed E-state index contributed by atoms with van der Waals surface area (Å²) in [6.07, 6.45) is 3.63. The quantitative estimate of drug-likeness (QED) is 0.791. The van der Waals surface area contributed by atoms with Crippen LogP contribution in [0, 0.1) is 0 Å². The first kappa shape index (κ1) is 12.4. The van der Waals surface area contributed by atoms with E-state index in [9.17, 15) is 0 Å². The van der Waals surface area contributed by atoms with Crippen LogP contribution in [-0.2, 0) is 0 Å². The van der Waals surface area contributed by atoms with Crippen LogP contribution in [0.3, 0.4) is 0 Å². The van der Waals surface area contributed by atoms with Gasteiger partial charge in [-0.05, 0) is 63.0 Å². The second-order valence-electron chi connectivity index (χ2n) is 5.00.